The normalized spacial score (nSPS) is 12.8. The van der Waals surface area contributed by atoms with E-state index in [1.54, 1.807) is 7.11 Å². The molecule has 1 rings (SSSR count). The number of benzene rings is 1. The van der Waals surface area contributed by atoms with Crippen LogP contribution in [-0.2, 0) is 11.3 Å². The summed E-state index contributed by atoms with van der Waals surface area (Å²) >= 11 is 0. The van der Waals surface area contributed by atoms with Crippen LogP contribution in [0.25, 0.3) is 0 Å². The lowest BCUT2D eigenvalue weighted by molar-refractivity contribution is 0.0711. The predicted molar refractivity (Wildman–Crippen MR) is 84.4 cm³/mol. The van der Waals surface area contributed by atoms with Gasteiger partial charge < -0.3 is 14.8 Å². The summed E-state index contributed by atoms with van der Waals surface area (Å²) in [6, 6.07) is 4.40. The Morgan fingerprint density at radius 2 is 1.70 bits per heavy atom. The van der Waals surface area contributed by atoms with Crippen LogP contribution < -0.4 is 10.1 Å². The molecule has 1 atom stereocenters. The van der Waals surface area contributed by atoms with Crippen LogP contribution in [0.2, 0.25) is 0 Å². The molecule has 1 aromatic carbocycles. The fourth-order valence-electron chi connectivity index (χ4n) is 2.14. The Bertz CT molecular complexity index is 392. The third-order valence-electron chi connectivity index (χ3n) is 3.27. The van der Waals surface area contributed by atoms with Crippen molar-refractivity contribution in [1.82, 2.24) is 5.32 Å². The minimum Gasteiger partial charge on any atom is -0.490 e. The highest BCUT2D eigenvalue weighted by Crippen LogP contribution is 2.25. The Morgan fingerprint density at radius 1 is 1.10 bits per heavy atom. The summed E-state index contributed by atoms with van der Waals surface area (Å²) in [6.45, 7) is 13.2. The number of hydrogen-bond acceptors (Lipinski definition) is 3. The summed E-state index contributed by atoms with van der Waals surface area (Å²) in [5.41, 5.74) is 3.69. The molecule has 0 aliphatic rings. The van der Waals surface area contributed by atoms with Crippen LogP contribution in [0, 0.1) is 19.8 Å². The zero-order chi connectivity index (χ0) is 15.1. The van der Waals surface area contributed by atoms with Crippen LogP contribution >= 0.6 is 0 Å². The first-order valence-electron chi connectivity index (χ1n) is 7.40. The lowest BCUT2D eigenvalue weighted by atomic mass is 10.1. The standard InChI is InChI=1S/C17H29NO2/c1-12(2)9-18-10-16-7-13(3)17(14(4)8-16)20-11-15(5)19-6/h7-8,12,15,18H,9-11H2,1-6H3. The van der Waals surface area contributed by atoms with Crippen molar-refractivity contribution < 1.29 is 9.47 Å². The molecule has 0 saturated carbocycles. The van der Waals surface area contributed by atoms with Gasteiger partial charge in [-0.1, -0.05) is 26.0 Å². The molecule has 0 radical (unpaired) electrons. The highest BCUT2D eigenvalue weighted by atomic mass is 16.5. The van der Waals surface area contributed by atoms with Gasteiger partial charge in [0, 0.05) is 13.7 Å². The van der Waals surface area contributed by atoms with Crippen molar-refractivity contribution in [1.29, 1.82) is 0 Å². The van der Waals surface area contributed by atoms with Gasteiger partial charge in [0.25, 0.3) is 0 Å². The molecule has 0 aliphatic carbocycles. The van der Waals surface area contributed by atoms with Crippen LogP contribution in [0.15, 0.2) is 12.1 Å². The lowest BCUT2D eigenvalue weighted by Crippen LogP contribution is -2.19. The van der Waals surface area contributed by atoms with E-state index in [2.05, 4.69) is 45.1 Å². The summed E-state index contributed by atoms with van der Waals surface area (Å²) < 4.78 is 11.1. The second-order valence-electron chi connectivity index (χ2n) is 5.94. The number of hydrogen-bond donors (Lipinski definition) is 1. The van der Waals surface area contributed by atoms with Crippen molar-refractivity contribution >= 4 is 0 Å². The largest absolute Gasteiger partial charge is 0.490 e. The molecule has 0 aliphatic heterocycles. The summed E-state index contributed by atoms with van der Waals surface area (Å²) in [5, 5.41) is 3.47. The highest BCUT2D eigenvalue weighted by molar-refractivity contribution is 5.43. The molecule has 114 valence electrons. The summed E-state index contributed by atoms with van der Waals surface area (Å²) in [7, 11) is 1.71. The molecule has 0 spiro atoms. The lowest BCUT2D eigenvalue weighted by Gasteiger charge is -2.17. The van der Waals surface area contributed by atoms with E-state index in [-0.39, 0.29) is 6.10 Å². The maximum atomic E-state index is 5.87. The maximum absolute atomic E-state index is 5.87. The van der Waals surface area contributed by atoms with Gasteiger partial charge in [-0.2, -0.15) is 0 Å². The number of nitrogens with one attached hydrogen (secondary N) is 1. The van der Waals surface area contributed by atoms with Crippen LogP contribution in [0.4, 0.5) is 0 Å². The van der Waals surface area contributed by atoms with Crippen molar-refractivity contribution in [3.63, 3.8) is 0 Å². The van der Waals surface area contributed by atoms with Gasteiger partial charge in [-0.25, -0.2) is 0 Å². The summed E-state index contributed by atoms with van der Waals surface area (Å²) in [4.78, 5) is 0. The van der Waals surface area contributed by atoms with Gasteiger partial charge in [-0.15, -0.1) is 0 Å². The zero-order valence-corrected chi connectivity index (χ0v) is 13.7. The van der Waals surface area contributed by atoms with E-state index < -0.39 is 0 Å². The average molecular weight is 279 g/mol. The Labute approximate surface area is 123 Å². The monoisotopic (exact) mass is 279 g/mol. The molecule has 3 heteroatoms. The summed E-state index contributed by atoms with van der Waals surface area (Å²) in [6.07, 6.45) is 0.112. The highest BCUT2D eigenvalue weighted by Gasteiger charge is 2.08. The second kappa shape index (κ2) is 8.28. The summed E-state index contributed by atoms with van der Waals surface area (Å²) in [5.74, 6) is 1.66. The first kappa shape index (κ1) is 17.0. The molecule has 0 bridgehead atoms. The Morgan fingerprint density at radius 3 is 2.20 bits per heavy atom. The second-order valence-corrected chi connectivity index (χ2v) is 5.94. The van der Waals surface area contributed by atoms with Gasteiger partial charge in [-0.3, -0.25) is 0 Å². The predicted octanol–water partition coefficient (Wildman–Crippen LogP) is 3.46. The van der Waals surface area contributed by atoms with E-state index in [0.717, 1.165) is 18.8 Å². The molecule has 0 fully saturated rings. The van der Waals surface area contributed by atoms with Gasteiger partial charge in [0.15, 0.2) is 0 Å². The van der Waals surface area contributed by atoms with Crippen LogP contribution in [0.5, 0.6) is 5.75 Å². The molecule has 0 heterocycles. The molecule has 0 aromatic heterocycles. The third kappa shape index (κ3) is 5.51. The molecular weight excluding hydrogens is 250 g/mol. The number of aryl methyl sites for hydroxylation is 2. The average Bonchev–Trinajstić information content (AvgIpc) is 2.37. The molecular formula is C17H29NO2. The first-order chi connectivity index (χ1) is 9.43. The van der Waals surface area contributed by atoms with E-state index in [4.69, 9.17) is 9.47 Å². The zero-order valence-electron chi connectivity index (χ0n) is 13.7. The Kier molecular flexibility index (Phi) is 7.03. The van der Waals surface area contributed by atoms with Crippen molar-refractivity contribution in [2.45, 2.75) is 47.3 Å². The molecule has 0 saturated heterocycles. The van der Waals surface area contributed by atoms with Gasteiger partial charge in [0.1, 0.15) is 12.4 Å². The van der Waals surface area contributed by atoms with E-state index in [9.17, 15) is 0 Å². The fourth-order valence-corrected chi connectivity index (χ4v) is 2.14. The first-order valence-corrected chi connectivity index (χ1v) is 7.40. The number of rotatable bonds is 8. The SMILES string of the molecule is COC(C)COc1c(C)cc(CNCC(C)C)cc1C. The van der Waals surface area contributed by atoms with E-state index >= 15 is 0 Å². The van der Waals surface area contributed by atoms with Crippen LogP contribution in [-0.4, -0.2) is 26.4 Å². The van der Waals surface area contributed by atoms with E-state index in [0.29, 0.717) is 12.5 Å². The van der Waals surface area contributed by atoms with Crippen LogP contribution in [0.1, 0.15) is 37.5 Å². The molecule has 0 amide bonds. The van der Waals surface area contributed by atoms with Crippen molar-refractivity contribution in [2.24, 2.45) is 5.92 Å². The molecule has 3 nitrogen and oxygen atoms in total. The number of ether oxygens (including phenoxy) is 2. The minimum atomic E-state index is 0.112. The maximum Gasteiger partial charge on any atom is 0.125 e. The molecule has 1 unspecified atom stereocenters. The molecule has 20 heavy (non-hydrogen) atoms. The van der Waals surface area contributed by atoms with E-state index in [1.165, 1.54) is 16.7 Å². The van der Waals surface area contributed by atoms with Crippen LogP contribution in [0.3, 0.4) is 0 Å². The van der Waals surface area contributed by atoms with Crippen molar-refractivity contribution in [3.05, 3.63) is 28.8 Å². The smallest absolute Gasteiger partial charge is 0.125 e. The Balaban J connectivity index is 2.66. The van der Waals surface area contributed by atoms with Gasteiger partial charge in [0.2, 0.25) is 0 Å². The van der Waals surface area contributed by atoms with Gasteiger partial charge >= 0.3 is 0 Å². The van der Waals surface area contributed by atoms with Gasteiger partial charge in [-0.05, 0) is 49.9 Å². The van der Waals surface area contributed by atoms with Crippen molar-refractivity contribution in [3.8, 4) is 5.75 Å². The van der Waals surface area contributed by atoms with Crippen molar-refractivity contribution in [2.75, 3.05) is 20.3 Å². The molecule has 1 aromatic rings. The quantitative estimate of drug-likeness (QED) is 0.790. The molecule has 1 N–H and O–H groups in total. The van der Waals surface area contributed by atoms with E-state index in [1.807, 2.05) is 6.92 Å². The van der Waals surface area contributed by atoms with Gasteiger partial charge in [0.05, 0.1) is 6.10 Å². The Hall–Kier alpha value is -1.06. The number of methoxy groups -OCH3 is 1. The topological polar surface area (TPSA) is 30.5 Å². The fraction of sp³-hybridized carbons (Fsp3) is 0.647. The third-order valence-corrected chi connectivity index (χ3v) is 3.27. The minimum absolute atomic E-state index is 0.112.